The number of thioether (sulfide) groups is 1. The van der Waals surface area contributed by atoms with E-state index in [0.29, 0.717) is 6.54 Å². The molecule has 3 rings (SSSR count). The van der Waals surface area contributed by atoms with Gasteiger partial charge >= 0.3 is 0 Å². The van der Waals surface area contributed by atoms with E-state index in [1.165, 1.54) is 0 Å². The van der Waals surface area contributed by atoms with Crippen LogP contribution in [0.1, 0.15) is 60.8 Å². The number of fused-ring (bicyclic) bond motifs is 1. The van der Waals surface area contributed by atoms with E-state index < -0.39 is 28.7 Å². The molecular weight excluding hydrogens is 414 g/mol. The predicted octanol–water partition coefficient (Wildman–Crippen LogP) is 1.78. The van der Waals surface area contributed by atoms with Gasteiger partial charge in [0.1, 0.15) is 6.04 Å². The number of amides is 3. The molecule has 0 aromatic carbocycles. The van der Waals surface area contributed by atoms with Gasteiger partial charge in [0, 0.05) is 17.8 Å². The number of likely N-dealkylation sites (tertiary alicyclic amines) is 1. The summed E-state index contributed by atoms with van der Waals surface area (Å²) < 4.78 is -0.629. The maximum absolute atomic E-state index is 14.0. The van der Waals surface area contributed by atoms with Crippen molar-refractivity contribution < 1.29 is 19.5 Å². The zero-order chi connectivity index (χ0) is 23.1. The van der Waals surface area contributed by atoms with Gasteiger partial charge in [-0.1, -0.05) is 34.1 Å². The van der Waals surface area contributed by atoms with Crippen LogP contribution in [0.15, 0.2) is 0 Å². The molecule has 3 N–H and O–H groups in total. The minimum Gasteiger partial charge on any atom is -0.394 e. The summed E-state index contributed by atoms with van der Waals surface area (Å²) in [5.41, 5.74) is 0. The topological polar surface area (TPSA) is 98.7 Å². The Balaban J connectivity index is 2.09. The van der Waals surface area contributed by atoms with Crippen molar-refractivity contribution in [2.45, 2.75) is 88.9 Å². The summed E-state index contributed by atoms with van der Waals surface area (Å²) in [6.07, 6.45) is 2.45. The summed E-state index contributed by atoms with van der Waals surface area (Å²) in [6.45, 7) is 12.4. The molecule has 8 heteroatoms. The highest BCUT2D eigenvalue weighted by Crippen LogP contribution is 2.68. The molecule has 3 unspecified atom stereocenters. The van der Waals surface area contributed by atoms with Gasteiger partial charge in [-0.15, -0.1) is 11.8 Å². The van der Waals surface area contributed by atoms with Crippen LogP contribution in [0.4, 0.5) is 0 Å². The van der Waals surface area contributed by atoms with Crippen molar-refractivity contribution in [3.05, 3.63) is 0 Å². The van der Waals surface area contributed by atoms with Crippen molar-refractivity contribution >= 4 is 29.5 Å². The molecule has 3 amide bonds. The first-order chi connectivity index (χ1) is 14.6. The van der Waals surface area contributed by atoms with Gasteiger partial charge in [0.05, 0.1) is 29.2 Å². The number of carbonyl (C=O) groups excluding carboxylic acids is 3. The lowest BCUT2D eigenvalue weighted by Gasteiger charge is -2.41. The maximum atomic E-state index is 14.0. The van der Waals surface area contributed by atoms with Gasteiger partial charge in [-0.05, 0) is 38.5 Å². The van der Waals surface area contributed by atoms with Crippen LogP contribution in [0.2, 0.25) is 0 Å². The molecule has 0 aromatic heterocycles. The van der Waals surface area contributed by atoms with Crippen LogP contribution in [0.3, 0.4) is 0 Å². The molecule has 0 aliphatic carbocycles. The number of hydrogen-bond donors (Lipinski definition) is 3. The van der Waals surface area contributed by atoms with Gasteiger partial charge in [0.25, 0.3) is 0 Å². The second-order valence-electron chi connectivity index (χ2n) is 9.89. The molecule has 8 atom stereocenters. The summed E-state index contributed by atoms with van der Waals surface area (Å²) >= 11 is 1.68. The molecule has 2 bridgehead atoms. The van der Waals surface area contributed by atoms with Crippen molar-refractivity contribution in [2.24, 2.45) is 23.7 Å². The molecule has 1 spiro atoms. The van der Waals surface area contributed by atoms with Crippen LogP contribution in [-0.2, 0) is 14.4 Å². The van der Waals surface area contributed by atoms with E-state index in [2.05, 4.69) is 17.6 Å². The summed E-state index contributed by atoms with van der Waals surface area (Å²) in [5, 5.41) is 16.3. The van der Waals surface area contributed by atoms with Crippen molar-refractivity contribution in [3.63, 3.8) is 0 Å². The smallest absolute Gasteiger partial charge is 0.244 e. The monoisotopic (exact) mass is 453 g/mol. The fraction of sp³-hybridized carbons (Fsp3) is 0.870. The van der Waals surface area contributed by atoms with Gasteiger partial charge in [-0.25, -0.2) is 0 Å². The van der Waals surface area contributed by atoms with Crippen molar-refractivity contribution in [3.8, 4) is 0 Å². The second-order valence-corrected chi connectivity index (χ2v) is 11.4. The van der Waals surface area contributed by atoms with Crippen LogP contribution in [0.5, 0.6) is 0 Å². The molecule has 31 heavy (non-hydrogen) atoms. The van der Waals surface area contributed by atoms with Gasteiger partial charge in [-0.3, -0.25) is 14.4 Å². The average molecular weight is 454 g/mol. The highest BCUT2D eigenvalue weighted by molar-refractivity contribution is 8.02. The summed E-state index contributed by atoms with van der Waals surface area (Å²) in [4.78, 5) is 42.3. The quantitative estimate of drug-likeness (QED) is 0.494. The second kappa shape index (κ2) is 9.30. The van der Waals surface area contributed by atoms with Crippen LogP contribution in [0.25, 0.3) is 0 Å². The first-order valence-corrected chi connectivity index (χ1v) is 12.7. The van der Waals surface area contributed by atoms with Crippen molar-refractivity contribution in [1.82, 2.24) is 15.5 Å². The standard InChI is InChI=1S/C23H39N3O4S/c1-7-9-24-20(28)17-16-10-14(6)23(31-16)18(17)22(30)26(15(11-27)13(5)8-2)19(23)21(29)25-12(3)4/h12-19,27H,7-11H2,1-6H3,(H,24,28)(H,25,29)/t13-,14?,15-,16+,17-,18-,19?,23?/m0/s1. The summed E-state index contributed by atoms with van der Waals surface area (Å²) in [5.74, 6) is -1.14. The van der Waals surface area contributed by atoms with Crippen LogP contribution in [-0.4, -0.2) is 69.0 Å². The Bertz CT molecular complexity index is 717. The zero-order valence-corrected chi connectivity index (χ0v) is 20.5. The Morgan fingerprint density at radius 3 is 2.48 bits per heavy atom. The maximum Gasteiger partial charge on any atom is 0.244 e. The summed E-state index contributed by atoms with van der Waals surface area (Å²) in [7, 11) is 0. The lowest BCUT2D eigenvalue weighted by molar-refractivity contribution is -0.144. The number of nitrogens with zero attached hydrogens (tertiary/aromatic N) is 1. The highest BCUT2D eigenvalue weighted by Gasteiger charge is 2.76. The molecule has 3 aliphatic rings. The largest absolute Gasteiger partial charge is 0.394 e. The van der Waals surface area contributed by atoms with Gasteiger partial charge < -0.3 is 20.6 Å². The van der Waals surface area contributed by atoms with E-state index in [1.807, 2.05) is 34.6 Å². The molecule has 3 aliphatic heterocycles. The van der Waals surface area contributed by atoms with E-state index in [-0.39, 0.29) is 47.5 Å². The minimum atomic E-state index is -0.674. The molecule has 3 saturated heterocycles. The Kier molecular flexibility index (Phi) is 7.31. The van der Waals surface area contributed by atoms with E-state index >= 15 is 0 Å². The van der Waals surface area contributed by atoms with Crippen molar-refractivity contribution in [1.29, 1.82) is 0 Å². The number of nitrogens with one attached hydrogen (secondary N) is 2. The minimum absolute atomic E-state index is 0.0448. The lowest BCUT2D eigenvalue weighted by Crippen LogP contribution is -2.60. The number of carbonyl (C=O) groups is 3. The van der Waals surface area contributed by atoms with Gasteiger partial charge in [0.15, 0.2) is 0 Å². The Hall–Kier alpha value is -1.28. The zero-order valence-electron chi connectivity index (χ0n) is 19.7. The van der Waals surface area contributed by atoms with Gasteiger partial charge in [-0.2, -0.15) is 0 Å². The van der Waals surface area contributed by atoms with E-state index in [4.69, 9.17) is 0 Å². The Morgan fingerprint density at radius 2 is 1.94 bits per heavy atom. The number of aliphatic hydroxyl groups is 1. The molecule has 176 valence electrons. The number of aliphatic hydroxyl groups excluding tert-OH is 1. The van der Waals surface area contributed by atoms with Crippen LogP contribution in [0, 0.1) is 23.7 Å². The fourth-order valence-electron chi connectivity index (χ4n) is 5.96. The first-order valence-electron chi connectivity index (χ1n) is 11.8. The van der Waals surface area contributed by atoms with Crippen molar-refractivity contribution in [2.75, 3.05) is 13.2 Å². The summed E-state index contributed by atoms with van der Waals surface area (Å²) in [6, 6.07) is -1.17. The third kappa shape index (κ3) is 3.77. The molecule has 3 heterocycles. The number of rotatable bonds is 9. The SMILES string of the molecule is CCCNC(=O)[C@@H]1[C@H]2C(=O)N([C@@H](CO)[C@@H](C)CC)C(C(=O)NC(C)C)C23S[C@@H]1CC3C. The Morgan fingerprint density at radius 1 is 1.26 bits per heavy atom. The average Bonchev–Trinajstić information content (AvgIpc) is 3.30. The Labute approximate surface area is 190 Å². The van der Waals surface area contributed by atoms with Crippen LogP contribution < -0.4 is 10.6 Å². The normalized spacial score (nSPS) is 35.9. The molecule has 0 aromatic rings. The predicted molar refractivity (Wildman–Crippen MR) is 122 cm³/mol. The molecule has 3 fully saturated rings. The lowest BCUT2D eigenvalue weighted by atomic mass is 9.66. The van der Waals surface area contributed by atoms with Gasteiger partial charge in [0.2, 0.25) is 17.7 Å². The fourth-order valence-corrected chi connectivity index (χ4v) is 8.37. The highest BCUT2D eigenvalue weighted by atomic mass is 32.2. The molecule has 0 saturated carbocycles. The molecule has 0 radical (unpaired) electrons. The van der Waals surface area contributed by atoms with E-state index in [0.717, 1.165) is 19.3 Å². The molecular formula is C23H39N3O4S. The third-order valence-electron chi connectivity index (χ3n) is 7.56. The number of hydrogen-bond acceptors (Lipinski definition) is 5. The molecule has 7 nitrogen and oxygen atoms in total. The van der Waals surface area contributed by atoms with E-state index in [1.54, 1.807) is 16.7 Å². The third-order valence-corrected chi connectivity index (χ3v) is 9.64. The van der Waals surface area contributed by atoms with E-state index in [9.17, 15) is 19.5 Å². The first kappa shape index (κ1) is 24.4. The van der Waals surface area contributed by atoms with Crippen LogP contribution >= 0.6 is 11.8 Å².